The zero-order valence-electron chi connectivity index (χ0n) is 17.2. The van der Waals surface area contributed by atoms with Gasteiger partial charge in [-0.1, -0.05) is 24.3 Å². The van der Waals surface area contributed by atoms with Gasteiger partial charge in [0.2, 0.25) is 5.89 Å². The van der Waals surface area contributed by atoms with E-state index >= 15 is 0 Å². The van der Waals surface area contributed by atoms with E-state index in [-0.39, 0.29) is 34.0 Å². The molecule has 4 aromatic rings. The highest BCUT2D eigenvalue weighted by Gasteiger charge is 2.32. The van der Waals surface area contributed by atoms with Crippen molar-refractivity contribution in [2.45, 2.75) is 18.5 Å². The fraction of sp³-hybridized carbons (Fsp3) is 0.125. The Labute approximate surface area is 191 Å². The normalized spacial score (nSPS) is 12.7. The second-order valence-electron chi connectivity index (χ2n) is 7.42. The highest BCUT2D eigenvalue weighted by Crippen LogP contribution is 2.39. The molecule has 11 heteroatoms. The van der Waals surface area contributed by atoms with Gasteiger partial charge in [-0.2, -0.15) is 39.5 Å². The molecule has 4 rings (SSSR count). The van der Waals surface area contributed by atoms with E-state index in [2.05, 4.69) is 4.98 Å². The van der Waals surface area contributed by atoms with Crippen LogP contribution in [0, 0.1) is 0 Å². The molecule has 0 aliphatic rings. The van der Waals surface area contributed by atoms with Gasteiger partial charge in [0.15, 0.2) is 5.76 Å². The number of rotatable bonds is 3. The van der Waals surface area contributed by atoms with Crippen LogP contribution in [-0.2, 0) is 18.5 Å². The first kappa shape index (κ1) is 24.4. The highest BCUT2D eigenvalue weighted by atomic mass is 19.4. The predicted octanol–water partition coefficient (Wildman–Crippen LogP) is 8.73. The topological polar surface area (TPSA) is 26.0 Å². The van der Waals surface area contributed by atoms with E-state index in [0.29, 0.717) is 0 Å². The molecule has 0 atom stereocenters. The van der Waals surface area contributed by atoms with Gasteiger partial charge in [-0.15, -0.1) is 0 Å². The largest absolute Gasteiger partial charge is 0.435 e. The van der Waals surface area contributed by atoms with Gasteiger partial charge >= 0.3 is 18.5 Å². The summed E-state index contributed by atoms with van der Waals surface area (Å²) in [5.74, 6) is -0.225. The average molecular weight is 501 g/mol. The quantitative estimate of drug-likeness (QED) is 0.263. The number of hydrogen-bond donors (Lipinski definition) is 0. The molecule has 0 amide bonds. The molecule has 0 spiro atoms. The highest BCUT2D eigenvalue weighted by molar-refractivity contribution is 5.79. The molecule has 0 fully saturated rings. The number of oxazole rings is 1. The number of aromatic nitrogens is 1. The summed E-state index contributed by atoms with van der Waals surface area (Å²) in [6, 6.07) is 11.4. The van der Waals surface area contributed by atoms with Gasteiger partial charge in [-0.25, -0.2) is 4.98 Å². The van der Waals surface area contributed by atoms with Gasteiger partial charge in [-0.05, 0) is 48.5 Å². The van der Waals surface area contributed by atoms with Crippen LogP contribution < -0.4 is 0 Å². The van der Waals surface area contributed by atoms with Crippen molar-refractivity contribution in [2.75, 3.05) is 0 Å². The van der Waals surface area contributed by atoms with Crippen molar-refractivity contribution in [1.29, 1.82) is 0 Å². The van der Waals surface area contributed by atoms with Crippen molar-refractivity contribution in [2.24, 2.45) is 0 Å². The third-order valence-electron chi connectivity index (χ3n) is 5.05. The summed E-state index contributed by atoms with van der Waals surface area (Å²) in [6.07, 6.45) is -13.8. The smallest absolute Gasteiger partial charge is 0.416 e. The molecule has 0 bridgehead atoms. The number of benzene rings is 3. The van der Waals surface area contributed by atoms with E-state index in [1.54, 1.807) is 0 Å². The Kier molecular flexibility index (Phi) is 5.90. The van der Waals surface area contributed by atoms with Crippen LogP contribution in [0.3, 0.4) is 0 Å². The van der Waals surface area contributed by atoms with E-state index in [4.69, 9.17) is 4.42 Å². The first-order valence-corrected chi connectivity index (χ1v) is 9.77. The minimum atomic E-state index is -4.60. The molecule has 0 aliphatic heterocycles. The number of hydrogen-bond acceptors (Lipinski definition) is 2. The third-order valence-corrected chi connectivity index (χ3v) is 5.05. The molecule has 1 heterocycles. The Balaban J connectivity index is 1.81. The Morgan fingerprint density at radius 1 is 0.457 bits per heavy atom. The van der Waals surface area contributed by atoms with Crippen molar-refractivity contribution >= 4 is 0 Å². The minimum Gasteiger partial charge on any atom is -0.435 e. The van der Waals surface area contributed by atoms with Gasteiger partial charge in [0.25, 0.3) is 0 Å². The van der Waals surface area contributed by atoms with Gasteiger partial charge in [0.05, 0.1) is 16.7 Å². The first-order chi connectivity index (χ1) is 16.2. The molecular formula is C24H12F9NO. The van der Waals surface area contributed by atoms with Crippen molar-refractivity contribution in [3.05, 3.63) is 89.5 Å². The van der Waals surface area contributed by atoms with Crippen molar-refractivity contribution in [3.8, 4) is 34.0 Å². The Morgan fingerprint density at radius 2 is 0.800 bits per heavy atom. The lowest BCUT2D eigenvalue weighted by Gasteiger charge is -2.08. The summed E-state index contributed by atoms with van der Waals surface area (Å²) in [7, 11) is 0. The molecule has 1 aromatic heterocycles. The second-order valence-corrected chi connectivity index (χ2v) is 7.42. The Morgan fingerprint density at radius 3 is 1.17 bits per heavy atom. The van der Waals surface area contributed by atoms with Crippen LogP contribution in [0.1, 0.15) is 16.7 Å². The number of nitrogens with zero attached hydrogens (tertiary/aromatic N) is 1. The zero-order chi connectivity index (χ0) is 25.6. The molecule has 182 valence electrons. The summed E-state index contributed by atoms with van der Waals surface area (Å²) < 4.78 is 122. The Hall–Kier alpha value is -3.76. The lowest BCUT2D eigenvalue weighted by Crippen LogP contribution is -2.04. The monoisotopic (exact) mass is 501 g/mol. The van der Waals surface area contributed by atoms with E-state index in [9.17, 15) is 39.5 Å². The molecule has 0 radical (unpaired) electrons. The van der Waals surface area contributed by atoms with Gasteiger partial charge < -0.3 is 4.42 Å². The third kappa shape index (κ3) is 5.18. The molecule has 0 aliphatic carbocycles. The van der Waals surface area contributed by atoms with Gasteiger partial charge in [-0.3, -0.25) is 0 Å². The van der Waals surface area contributed by atoms with Crippen molar-refractivity contribution in [3.63, 3.8) is 0 Å². The molecule has 3 aromatic carbocycles. The van der Waals surface area contributed by atoms with Crippen LogP contribution in [0.15, 0.2) is 77.2 Å². The summed E-state index contributed by atoms with van der Waals surface area (Å²) in [6.45, 7) is 0. The molecule has 0 saturated heterocycles. The number of alkyl halides is 9. The average Bonchev–Trinajstić information content (AvgIpc) is 3.23. The minimum absolute atomic E-state index is 0.00776. The molecule has 0 unspecified atom stereocenters. The fourth-order valence-corrected chi connectivity index (χ4v) is 3.26. The second kappa shape index (κ2) is 8.47. The summed E-state index contributed by atoms with van der Waals surface area (Å²) in [4.78, 5) is 4.23. The van der Waals surface area contributed by atoms with E-state index in [1.165, 1.54) is 0 Å². The van der Waals surface area contributed by atoms with Crippen LogP contribution >= 0.6 is 0 Å². The lowest BCUT2D eigenvalue weighted by molar-refractivity contribution is -0.138. The van der Waals surface area contributed by atoms with Gasteiger partial charge in [0.1, 0.15) is 5.69 Å². The lowest BCUT2D eigenvalue weighted by atomic mass is 10.0. The zero-order valence-corrected chi connectivity index (χ0v) is 17.2. The SMILES string of the molecule is FC(F)(F)c1ccc(-c2nc(-c3ccc(C(F)(F)F)cc3)c(-c3ccc(C(F)(F)F)cc3)o2)cc1. The molecule has 0 N–H and O–H groups in total. The maximum absolute atomic E-state index is 12.9. The molecular weight excluding hydrogens is 489 g/mol. The molecule has 35 heavy (non-hydrogen) atoms. The molecule has 0 saturated carbocycles. The standard InChI is InChI=1S/C24H12F9NO/c25-22(26,27)16-7-1-13(2-8-16)19-20(14-3-9-17(10-4-14)23(28,29)30)35-21(34-19)15-5-11-18(12-6-15)24(31,32)33/h1-12H. The van der Waals surface area contributed by atoms with Gasteiger partial charge in [0, 0.05) is 16.7 Å². The van der Waals surface area contributed by atoms with Crippen LogP contribution in [0.25, 0.3) is 34.0 Å². The van der Waals surface area contributed by atoms with E-state index < -0.39 is 35.2 Å². The summed E-state index contributed by atoms with van der Waals surface area (Å²) >= 11 is 0. The van der Waals surface area contributed by atoms with Crippen molar-refractivity contribution < 1.29 is 43.9 Å². The van der Waals surface area contributed by atoms with Crippen molar-refractivity contribution in [1.82, 2.24) is 4.98 Å². The van der Waals surface area contributed by atoms with Crippen LogP contribution in [-0.4, -0.2) is 4.98 Å². The maximum atomic E-state index is 12.9. The molecule has 2 nitrogen and oxygen atoms in total. The van der Waals surface area contributed by atoms with Crippen LogP contribution in [0.4, 0.5) is 39.5 Å². The fourth-order valence-electron chi connectivity index (χ4n) is 3.26. The summed E-state index contributed by atoms with van der Waals surface area (Å²) in [5, 5.41) is 0. The van der Waals surface area contributed by atoms with Crippen LogP contribution in [0.2, 0.25) is 0 Å². The van der Waals surface area contributed by atoms with Crippen LogP contribution in [0.5, 0.6) is 0 Å². The number of halogens is 9. The predicted molar refractivity (Wildman–Crippen MR) is 108 cm³/mol. The maximum Gasteiger partial charge on any atom is 0.416 e. The Bertz CT molecular complexity index is 1240. The first-order valence-electron chi connectivity index (χ1n) is 9.77. The van der Waals surface area contributed by atoms with E-state index in [1.807, 2.05) is 0 Å². The van der Waals surface area contributed by atoms with E-state index in [0.717, 1.165) is 72.8 Å². The summed E-state index contributed by atoms with van der Waals surface area (Å²) in [5.41, 5.74) is -2.34.